The SMILES string of the molecule is CC(COCC(F)(F)F)NC(=O)C(C)(C)N.Cl. The van der Waals surface area contributed by atoms with Crippen molar-refractivity contribution in [3.8, 4) is 0 Å². The van der Waals surface area contributed by atoms with E-state index in [1.165, 1.54) is 13.8 Å². The highest BCUT2D eigenvalue weighted by molar-refractivity contribution is 5.85. The van der Waals surface area contributed by atoms with E-state index in [0.29, 0.717) is 0 Å². The predicted molar refractivity (Wildman–Crippen MR) is 60.0 cm³/mol. The molecule has 3 N–H and O–H groups in total. The monoisotopic (exact) mass is 278 g/mol. The van der Waals surface area contributed by atoms with Gasteiger partial charge < -0.3 is 15.8 Å². The third kappa shape index (κ3) is 10.3. The highest BCUT2D eigenvalue weighted by atomic mass is 35.5. The number of amides is 1. The predicted octanol–water partition coefficient (Wildman–Crippen LogP) is 1.23. The van der Waals surface area contributed by atoms with Gasteiger partial charge in [0.15, 0.2) is 0 Å². The van der Waals surface area contributed by atoms with Gasteiger partial charge in [0.25, 0.3) is 0 Å². The minimum Gasteiger partial charge on any atom is -0.370 e. The molecule has 104 valence electrons. The number of hydrogen-bond donors (Lipinski definition) is 2. The molecule has 1 atom stereocenters. The summed E-state index contributed by atoms with van der Waals surface area (Å²) in [6.45, 7) is 3.03. The van der Waals surface area contributed by atoms with Crippen LogP contribution in [0.1, 0.15) is 20.8 Å². The van der Waals surface area contributed by atoms with Crippen LogP contribution in [0.2, 0.25) is 0 Å². The highest BCUT2D eigenvalue weighted by Gasteiger charge is 2.28. The van der Waals surface area contributed by atoms with Crippen LogP contribution in [-0.4, -0.2) is 36.9 Å². The fourth-order valence-corrected chi connectivity index (χ4v) is 0.803. The number of hydrogen-bond acceptors (Lipinski definition) is 3. The second-order valence-corrected chi connectivity index (χ2v) is 4.23. The summed E-state index contributed by atoms with van der Waals surface area (Å²) >= 11 is 0. The van der Waals surface area contributed by atoms with Gasteiger partial charge in [0.2, 0.25) is 5.91 Å². The number of carbonyl (C=O) groups is 1. The Bertz CT molecular complexity index is 241. The number of nitrogens with two attached hydrogens (primary N) is 1. The molecule has 0 aliphatic heterocycles. The molecule has 0 rings (SSSR count). The normalized spacial score (nSPS) is 13.8. The van der Waals surface area contributed by atoms with Gasteiger partial charge in [0.05, 0.1) is 12.1 Å². The van der Waals surface area contributed by atoms with Crippen molar-refractivity contribution in [1.82, 2.24) is 5.32 Å². The molecule has 0 aromatic rings. The van der Waals surface area contributed by atoms with Crippen molar-refractivity contribution >= 4 is 18.3 Å². The van der Waals surface area contributed by atoms with E-state index in [1.54, 1.807) is 6.92 Å². The molecule has 17 heavy (non-hydrogen) atoms. The molecule has 0 fully saturated rings. The Labute approximate surface area is 104 Å². The molecule has 1 amide bonds. The van der Waals surface area contributed by atoms with Crippen LogP contribution in [0.5, 0.6) is 0 Å². The van der Waals surface area contributed by atoms with Crippen molar-refractivity contribution in [3.05, 3.63) is 0 Å². The van der Waals surface area contributed by atoms with Gasteiger partial charge in [0.1, 0.15) is 6.61 Å². The number of alkyl halides is 3. The molecule has 0 spiro atoms. The van der Waals surface area contributed by atoms with Crippen LogP contribution < -0.4 is 11.1 Å². The van der Waals surface area contributed by atoms with Crippen molar-refractivity contribution in [2.75, 3.05) is 13.2 Å². The first-order valence-electron chi connectivity index (χ1n) is 4.76. The Morgan fingerprint density at radius 3 is 2.24 bits per heavy atom. The van der Waals surface area contributed by atoms with E-state index < -0.39 is 30.3 Å². The van der Waals surface area contributed by atoms with Crippen LogP contribution in [0.4, 0.5) is 13.2 Å². The van der Waals surface area contributed by atoms with E-state index in [0.717, 1.165) is 0 Å². The summed E-state index contributed by atoms with van der Waals surface area (Å²) in [7, 11) is 0. The molecule has 0 aliphatic carbocycles. The Balaban J connectivity index is 0. The summed E-state index contributed by atoms with van der Waals surface area (Å²) in [5, 5.41) is 2.45. The van der Waals surface area contributed by atoms with E-state index in [4.69, 9.17) is 5.73 Å². The Kier molecular flexibility index (Phi) is 7.78. The smallest absolute Gasteiger partial charge is 0.370 e. The molecule has 8 heteroatoms. The van der Waals surface area contributed by atoms with Crippen molar-refractivity contribution in [1.29, 1.82) is 0 Å². The van der Waals surface area contributed by atoms with Crippen LogP contribution in [0.25, 0.3) is 0 Å². The van der Waals surface area contributed by atoms with Crippen molar-refractivity contribution < 1.29 is 22.7 Å². The lowest BCUT2D eigenvalue weighted by Crippen LogP contribution is -2.52. The van der Waals surface area contributed by atoms with E-state index in [2.05, 4.69) is 10.1 Å². The Morgan fingerprint density at radius 1 is 1.41 bits per heavy atom. The zero-order valence-electron chi connectivity index (χ0n) is 9.93. The summed E-state index contributed by atoms with van der Waals surface area (Å²) < 4.78 is 39.6. The van der Waals surface area contributed by atoms with Gasteiger partial charge >= 0.3 is 6.18 Å². The maximum atomic E-state index is 11.7. The molecule has 0 bridgehead atoms. The zero-order valence-corrected chi connectivity index (χ0v) is 10.7. The van der Waals surface area contributed by atoms with E-state index >= 15 is 0 Å². The van der Waals surface area contributed by atoms with Crippen LogP contribution in [0.3, 0.4) is 0 Å². The molecule has 0 aliphatic rings. The summed E-state index contributed by atoms with van der Waals surface area (Å²) in [4.78, 5) is 11.3. The number of rotatable bonds is 5. The molecule has 1 unspecified atom stereocenters. The molecule has 0 heterocycles. The lowest BCUT2D eigenvalue weighted by Gasteiger charge is -2.22. The molecule has 0 saturated heterocycles. The van der Waals surface area contributed by atoms with Crippen molar-refractivity contribution in [3.63, 3.8) is 0 Å². The lowest BCUT2D eigenvalue weighted by atomic mass is 10.1. The third-order valence-corrected chi connectivity index (χ3v) is 1.60. The van der Waals surface area contributed by atoms with E-state index in [1.807, 2.05) is 0 Å². The quantitative estimate of drug-likeness (QED) is 0.795. The van der Waals surface area contributed by atoms with Crippen LogP contribution >= 0.6 is 12.4 Å². The van der Waals surface area contributed by atoms with Gasteiger partial charge in [-0.05, 0) is 20.8 Å². The average Bonchev–Trinajstić information content (AvgIpc) is 1.99. The van der Waals surface area contributed by atoms with E-state index in [9.17, 15) is 18.0 Å². The fourth-order valence-electron chi connectivity index (χ4n) is 0.803. The second kappa shape index (κ2) is 7.03. The maximum Gasteiger partial charge on any atom is 0.411 e. The second-order valence-electron chi connectivity index (χ2n) is 4.23. The minimum atomic E-state index is -4.35. The van der Waals surface area contributed by atoms with Gasteiger partial charge in [-0.15, -0.1) is 12.4 Å². The summed E-state index contributed by atoms with van der Waals surface area (Å²) in [6, 6.07) is -0.516. The first-order chi connectivity index (χ1) is 7.02. The number of carbonyl (C=O) groups excluding carboxylic acids is 1. The van der Waals surface area contributed by atoms with Gasteiger partial charge in [-0.1, -0.05) is 0 Å². The molecule has 0 radical (unpaired) electrons. The topological polar surface area (TPSA) is 64.3 Å². The van der Waals surface area contributed by atoms with E-state index in [-0.39, 0.29) is 19.0 Å². The molecule has 0 aromatic heterocycles. The van der Waals surface area contributed by atoms with Crippen LogP contribution in [0.15, 0.2) is 0 Å². The largest absolute Gasteiger partial charge is 0.411 e. The standard InChI is InChI=1S/C9H17F3N2O2.ClH/c1-6(4-16-5-9(10,11)12)14-7(15)8(2,3)13;/h6H,4-5,13H2,1-3H3,(H,14,15);1H. The van der Waals surface area contributed by atoms with Crippen LogP contribution in [-0.2, 0) is 9.53 Å². The molecule has 0 saturated carbocycles. The summed E-state index contributed by atoms with van der Waals surface area (Å²) in [5.41, 5.74) is 4.44. The zero-order chi connectivity index (χ0) is 13.0. The Morgan fingerprint density at radius 2 is 1.88 bits per heavy atom. The maximum absolute atomic E-state index is 11.7. The molecular formula is C9H18ClF3N2O2. The average molecular weight is 279 g/mol. The summed E-state index contributed by atoms with van der Waals surface area (Å²) in [6.07, 6.45) is -4.35. The number of ether oxygens (including phenoxy) is 1. The molecule has 0 aromatic carbocycles. The number of nitrogens with one attached hydrogen (secondary N) is 1. The van der Waals surface area contributed by atoms with Crippen molar-refractivity contribution in [2.24, 2.45) is 5.73 Å². The summed E-state index contributed by atoms with van der Waals surface area (Å²) in [5.74, 6) is -0.435. The van der Waals surface area contributed by atoms with Gasteiger partial charge in [-0.3, -0.25) is 4.79 Å². The fraction of sp³-hybridized carbons (Fsp3) is 0.889. The first-order valence-corrected chi connectivity index (χ1v) is 4.76. The molecule has 4 nitrogen and oxygen atoms in total. The van der Waals surface area contributed by atoms with Gasteiger partial charge in [0, 0.05) is 6.04 Å². The van der Waals surface area contributed by atoms with Crippen molar-refractivity contribution in [2.45, 2.75) is 38.5 Å². The van der Waals surface area contributed by atoms with Gasteiger partial charge in [-0.25, -0.2) is 0 Å². The lowest BCUT2D eigenvalue weighted by molar-refractivity contribution is -0.175. The number of halogens is 4. The minimum absolute atomic E-state index is 0. The third-order valence-electron chi connectivity index (χ3n) is 1.60. The Hall–Kier alpha value is -0.530. The first kappa shape index (κ1) is 18.8. The highest BCUT2D eigenvalue weighted by Crippen LogP contribution is 2.14. The van der Waals surface area contributed by atoms with Gasteiger partial charge in [-0.2, -0.15) is 13.2 Å². The van der Waals surface area contributed by atoms with Crippen LogP contribution in [0, 0.1) is 0 Å². The molecular weight excluding hydrogens is 261 g/mol.